The highest BCUT2D eigenvalue weighted by Gasteiger charge is 2.34. The van der Waals surface area contributed by atoms with E-state index in [0.717, 1.165) is 18.7 Å². The van der Waals surface area contributed by atoms with Crippen molar-refractivity contribution < 1.29 is 9.47 Å². The van der Waals surface area contributed by atoms with Gasteiger partial charge in [-0.25, -0.2) is 4.98 Å². The Kier molecular flexibility index (Phi) is 3.57. The summed E-state index contributed by atoms with van der Waals surface area (Å²) in [7, 11) is 1.70. The van der Waals surface area contributed by atoms with Crippen LogP contribution in [0.15, 0.2) is 18.3 Å². The van der Waals surface area contributed by atoms with Gasteiger partial charge in [0, 0.05) is 38.6 Å². The summed E-state index contributed by atoms with van der Waals surface area (Å²) in [6.45, 7) is 2.00. The van der Waals surface area contributed by atoms with E-state index in [-0.39, 0.29) is 5.60 Å². The standard InChI is InChI=1S/C12H15N3O2/c1-16-12(3-5-17-9-12)8-15-10-2-4-14-11(6-10)7-13/h2,4,6H,3,5,8-9H2,1H3,(H,14,15). The number of aromatic nitrogens is 1. The van der Waals surface area contributed by atoms with Gasteiger partial charge >= 0.3 is 0 Å². The van der Waals surface area contributed by atoms with Gasteiger partial charge in [0.1, 0.15) is 17.4 Å². The first kappa shape index (κ1) is 11.8. The molecule has 1 aromatic heterocycles. The average Bonchev–Trinajstić information content (AvgIpc) is 2.86. The molecule has 0 amide bonds. The molecule has 2 rings (SSSR count). The van der Waals surface area contributed by atoms with Crippen molar-refractivity contribution in [2.45, 2.75) is 12.0 Å². The van der Waals surface area contributed by atoms with E-state index in [1.54, 1.807) is 19.4 Å². The summed E-state index contributed by atoms with van der Waals surface area (Å²) in [4.78, 5) is 3.92. The van der Waals surface area contributed by atoms with E-state index >= 15 is 0 Å². The lowest BCUT2D eigenvalue weighted by Crippen LogP contribution is -2.39. The van der Waals surface area contributed by atoms with E-state index in [4.69, 9.17) is 14.7 Å². The van der Waals surface area contributed by atoms with Crippen LogP contribution >= 0.6 is 0 Å². The molecule has 90 valence electrons. The first-order valence-electron chi connectivity index (χ1n) is 5.51. The number of nitrogens with one attached hydrogen (secondary N) is 1. The Labute approximate surface area is 100 Å². The lowest BCUT2D eigenvalue weighted by Gasteiger charge is -2.26. The molecule has 0 radical (unpaired) electrons. The molecule has 1 fully saturated rings. The molecular formula is C12H15N3O2. The highest BCUT2D eigenvalue weighted by molar-refractivity contribution is 5.46. The van der Waals surface area contributed by atoms with Crippen molar-refractivity contribution in [3.8, 4) is 6.07 Å². The SMILES string of the molecule is COC1(CNc2ccnc(C#N)c2)CCOC1. The van der Waals surface area contributed by atoms with Gasteiger partial charge in [0.05, 0.1) is 6.61 Å². The van der Waals surface area contributed by atoms with Gasteiger partial charge in [-0.05, 0) is 12.1 Å². The highest BCUT2D eigenvalue weighted by Crippen LogP contribution is 2.23. The van der Waals surface area contributed by atoms with Crippen LogP contribution in [0, 0.1) is 11.3 Å². The van der Waals surface area contributed by atoms with Gasteiger partial charge < -0.3 is 14.8 Å². The number of methoxy groups -OCH3 is 1. The Morgan fingerprint density at radius 1 is 1.71 bits per heavy atom. The van der Waals surface area contributed by atoms with Crippen LogP contribution in [-0.2, 0) is 9.47 Å². The van der Waals surface area contributed by atoms with E-state index < -0.39 is 0 Å². The summed E-state index contributed by atoms with van der Waals surface area (Å²) in [5.41, 5.74) is 1.03. The fourth-order valence-electron chi connectivity index (χ4n) is 1.83. The van der Waals surface area contributed by atoms with Crippen molar-refractivity contribution in [2.24, 2.45) is 0 Å². The molecule has 5 heteroatoms. The third-order valence-corrected chi connectivity index (χ3v) is 2.99. The molecule has 5 nitrogen and oxygen atoms in total. The summed E-state index contributed by atoms with van der Waals surface area (Å²) < 4.78 is 10.9. The Morgan fingerprint density at radius 2 is 2.59 bits per heavy atom. The fraction of sp³-hybridized carbons (Fsp3) is 0.500. The minimum absolute atomic E-state index is 0.254. The first-order valence-corrected chi connectivity index (χ1v) is 5.51. The maximum atomic E-state index is 8.75. The van der Waals surface area contributed by atoms with Crippen molar-refractivity contribution in [1.29, 1.82) is 5.26 Å². The van der Waals surface area contributed by atoms with Crippen molar-refractivity contribution >= 4 is 5.69 Å². The molecule has 2 heterocycles. The molecule has 1 aliphatic heterocycles. The summed E-state index contributed by atoms with van der Waals surface area (Å²) in [6.07, 6.45) is 2.50. The number of nitrogens with zero attached hydrogens (tertiary/aromatic N) is 2. The summed E-state index contributed by atoms with van der Waals surface area (Å²) in [6, 6.07) is 5.57. The van der Waals surface area contributed by atoms with Crippen LogP contribution in [0.5, 0.6) is 0 Å². The van der Waals surface area contributed by atoms with Gasteiger partial charge in [0.15, 0.2) is 0 Å². The van der Waals surface area contributed by atoms with Gasteiger partial charge in [-0.2, -0.15) is 5.26 Å². The van der Waals surface area contributed by atoms with E-state index in [1.807, 2.05) is 12.1 Å². The number of hydrogen-bond donors (Lipinski definition) is 1. The topological polar surface area (TPSA) is 67.2 Å². The van der Waals surface area contributed by atoms with Crippen LogP contribution in [-0.4, -0.2) is 37.5 Å². The highest BCUT2D eigenvalue weighted by atomic mass is 16.5. The number of nitriles is 1. The molecule has 0 aromatic carbocycles. The number of anilines is 1. The number of pyridine rings is 1. The number of rotatable bonds is 4. The van der Waals surface area contributed by atoms with Gasteiger partial charge in [-0.1, -0.05) is 0 Å². The second-order valence-corrected chi connectivity index (χ2v) is 4.08. The normalized spacial score (nSPS) is 23.3. The van der Waals surface area contributed by atoms with Crippen LogP contribution < -0.4 is 5.32 Å². The van der Waals surface area contributed by atoms with E-state index in [1.165, 1.54) is 0 Å². The molecule has 0 bridgehead atoms. The van der Waals surface area contributed by atoms with E-state index in [2.05, 4.69) is 10.3 Å². The molecular weight excluding hydrogens is 218 g/mol. The Morgan fingerprint density at radius 3 is 3.24 bits per heavy atom. The zero-order valence-electron chi connectivity index (χ0n) is 9.77. The Balaban J connectivity index is 1.99. The molecule has 0 saturated carbocycles. The molecule has 1 atom stereocenters. The molecule has 0 spiro atoms. The van der Waals surface area contributed by atoms with E-state index in [0.29, 0.717) is 18.8 Å². The molecule has 1 aromatic rings. The number of hydrogen-bond acceptors (Lipinski definition) is 5. The van der Waals surface area contributed by atoms with Crippen LogP contribution in [0.4, 0.5) is 5.69 Å². The van der Waals surface area contributed by atoms with E-state index in [9.17, 15) is 0 Å². The minimum Gasteiger partial charge on any atom is -0.382 e. The van der Waals surface area contributed by atoms with Crippen molar-refractivity contribution in [3.05, 3.63) is 24.0 Å². The summed E-state index contributed by atoms with van der Waals surface area (Å²) in [5, 5.41) is 12.0. The summed E-state index contributed by atoms with van der Waals surface area (Å²) >= 11 is 0. The predicted molar refractivity (Wildman–Crippen MR) is 62.6 cm³/mol. The zero-order chi connectivity index (χ0) is 12.1. The Bertz CT molecular complexity index is 422. The molecule has 1 unspecified atom stereocenters. The fourth-order valence-corrected chi connectivity index (χ4v) is 1.83. The smallest absolute Gasteiger partial charge is 0.142 e. The molecule has 17 heavy (non-hydrogen) atoms. The maximum Gasteiger partial charge on any atom is 0.142 e. The van der Waals surface area contributed by atoms with Gasteiger partial charge in [-0.3, -0.25) is 0 Å². The van der Waals surface area contributed by atoms with Crippen LogP contribution in [0.25, 0.3) is 0 Å². The van der Waals surface area contributed by atoms with Gasteiger partial charge in [-0.15, -0.1) is 0 Å². The second kappa shape index (κ2) is 5.13. The summed E-state index contributed by atoms with van der Waals surface area (Å²) in [5.74, 6) is 0. The number of ether oxygens (including phenoxy) is 2. The van der Waals surface area contributed by atoms with Gasteiger partial charge in [0.25, 0.3) is 0 Å². The largest absolute Gasteiger partial charge is 0.382 e. The molecule has 1 aliphatic rings. The van der Waals surface area contributed by atoms with Crippen LogP contribution in [0.1, 0.15) is 12.1 Å². The minimum atomic E-state index is -0.254. The van der Waals surface area contributed by atoms with Gasteiger partial charge in [0.2, 0.25) is 0 Å². The monoisotopic (exact) mass is 233 g/mol. The van der Waals surface area contributed by atoms with Crippen LogP contribution in [0.2, 0.25) is 0 Å². The lowest BCUT2D eigenvalue weighted by atomic mass is 10.0. The third-order valence-electron chi connectivity index (χ3n) is 2.99. The van der Waals surface area contributed by atoms with Crippen molar-refractivity contribution in [3.63, 3.8) is 0 Å². The van der Waals surface area contributed by atoms with Crippen molar-refractivity contribution in [2.75, 3.05) is 32.2 Å². The molecule has 1 N–H and O–H groups in total. The van der Waals surface area contributed by atoms with Crippen LogP contribution in [0.3, 0.4) is 0 Å². The predicted octanol–water partition coefficient (Wildman–Crippen LogP) is 1.17. The van der Waals surface area contributed by atoms with Crippen molar-refractivity contribution in [1.82, 2.24) is 4.98 Å². The second-order valence-electron chi connectivity index (χ2n) is 4.08. The Hall–Kier alpha value is -1.64. The first-order chi connectivity index (χ1) is 8.28. The zero-order valence-corrected chi connectivity index (χ0v) is 9.77. The maximum absolute atomic E-state index is 8.75. The lowest BCUT2D eigenvalue weighted by molar-refractivity contribution is -0.00620. The molecule has 0 aliphatic carbocycles. The third kappa shape index (κ3) is 2.73. The molecule has 1 saturated heterocycles. The average molecular weight is 233 g/mol. The quantitative estimate of drug-likeness (QED) is 0.845.